The van der Waals surface area contributed by atoms with Gasteiger partial charge in [0, 0.05) is 15.3 Å². The van der Waals surface area contributed by atoms with Gasteiger partial charge in [-0.15, -0.1) is 23.1 Å². The number of carbonyl (C=O) groups is 1. The molecule has 2 nitrogen and oxygen atoms in total. The summed E-state index contributed by atoms with van der Waals surface area (Å²) in [7, 11) is 0. The summed E-state index contributed by atoms with van der Waals surface area (Å²) in [5.74, 6) is -0.0222. The molecule has 0 spiro atoms. The molecule has 1 amide bonds. The first-order chi connectivity index (χ1) is 8.29. The van der Waals surface area contributed by atoms with Crippen LogP contribution < -0.4 is 5.32 Å². The van der Waals surface area contributed by atoms with Crippen LogP contribution in [-0.4, -0.2) is 12.2 Å². The van der Waals surface area contributed by atoms with Gasteiger partial charge in [-0.05, 0) is 42.0 Å². The third kappa shape index (κ3) is 3.35. The Bertz CT molecular complexity index is 477. The molecule has 0 bridgehead atoms. The molecule has 1 N–H and O–H groups in total. The standard InChI is InChI=1S/C13H13NOS2/c1-16-11-6-4-10(5-7-11)13(15)14-9-12-3-2-8-17-12/h2-8H,9H2,1H3,(H,14,15). The molecule has 1 aromatic heterocycles. The first kappa shape index (κ1) is 12.2. The Morgan fingerprint density at radius 1 is 1.29 bits per heavy atom. The monoisotopic (exact) mass is 263 g/mol. The Labute approximate surface area is 109 Å². The van der Waals surface area contributed by atoms with Gasteiger partial charge in [-0.1, -0.05) is 6.07 Å². The minimum atomic E-state index is -0.0222. The van der Waals surface area contributed by atoms with Crippen molar-refractivity contribution in [1.29, 1.82) is 0 Å². The lowest BCUT2D eigenvalue weighted by Gasteiger charge is -2.04. The van der Waals surface area contributed by atoms with E-state index in [2.05, 4.69) is 5.32 Å². The summed E-state index contributed by atoms with van der Waals surface area (Å²) < 4.78 is 0. The molecular formula is C13H13NOS2. The second kappa shape index (κ2) is 5.89. The summed E-state index contributed by atoms with van der Waals surface area (Å²) in [5.41, 5.74) is 0.708. The maximum Gasteiger partial charge on any atom is 0.251 e. The molecule has 0 atom stereocenters. The van der Waals surface area contributed by atoms with Gasteiger partial charge >= 0.3 is 0 Å². The summed E-state index contributed by atoms with van der Waals surface area (Å²) in [6.45, 7) is 0.598. The van der Waals surface area contributed by atoms with E-state index in [9.17, 15) is 4.79 Å². The van der Waals surface area contributed by atoms with Crippen LogP contribution in [0.1, 0.15) is 15.2 Å². The molecule has 17 heavy (non-hydrogen) atoms. The molecule has 88 valence electrons. The molecule has 0 aliphatic heterocycles. The van der Waals surface area contributed by atoms with Crippen LogP contribution in [0.3, 0.4) is 0 Å². The lowest BCUT2D eigenvalue weighted by molar-refractivity contribution is 0.0951. The number of hydrogen-bond donors (Lipinski definition) is 1. The van der Waals surface area contributed by atoms with Crippen molar-refractivity contribution in [2.24, 2.45) is 0 Å². The second-order valence-corrected chi connectivity index (χ2v) is 5.40. The van der Waals surface area contributed by atoms with Gasteiger partial charge < -0.3 is 5.32 Å². The first-order valence-electron chi connectivity index (χ1n) is 5.24. The van der Waals surface area contributed by atoms with Crippen LogP contribution in [0, 0.1) is 0 Å². The molecule has 0 radical (unpaired) electrons. The summed E-state index contributed by atoms with van der Waals surface area (Å²) >= 11 is 3.32. The van der Waals surface area contributed by atoms with Crippen molar-refractivity contribution in [2.75, 3.05) is 6.26 Å². The lowest BCUT2D eigenvalue weighted by Crippen LogP contribution is -2.22. The number of amides is 1. The normalized spacial score (nSPS) is 10.2. The van der Waals surface area contributed by atoms with Gasteiger partial charge in [-0.3, -0.25) is 4.79 Å². The average molecular weight is 263 g/mol. The minimum Gasteiger partial charge on any atom is -0.347 e. The van der Waals surface area contributed by atoms with E-state index >= 15 is 0 Å². The predicted molar refractivity (Wildman–Crippen MR) is 73.7 cm³/mol. The van der Waals surface area contributed by atoms with Gasteiger partial charge in [0.15, 0.2) is 0 Å². The third-order valence-corrected chi connectivity index (χ3v) is 3.98. The number of hydrogen-bond acceptors (Lipinski definition) is 3. The minimum absolute atomic E-state index is 0.0222. The molecule has 2 rings (SSSR count). The van der Waals surface area contributed by atoms with Crippen LogP contribution in [-0.2, 0) is 6.54 Å². The summed E-state index contributed by atoms with van der Waals surface area (Å²) in [6.07, 6.45) is 2.02. The van der Waals surface area contributed by atoms with E-state index in [1.165, 1.54) is 9.77 Å². The molecule has 1 heterocycles. The number of carbonyl (C=O) groups excluding carboxylic acids is 1. The van der Waals surface area contributed by atoms with Crippen molar-refractivity contribution in [3.05, 3.63) is 52.2 Å². The van der Waals surface area contributed by atoms with Gasteiger partial charge in [-0.25, -0.2) is 0 Å². The van der Waals surface area contributed by atoms with Crippen molar-refractivity contribution in [1.82, 2.24) is 5.32 Å². The van der Waals surface area contributed by atoms with Crippen molar-refractivity contribution in [3.8, 4) is 0 Å². The zero-order valence-corrected chi connectivity index (χ0v) is 11.1. The Kier molecular flexibility index (Phi) is 4.23. The van der Waals surface area contributed by atoms with Crippen molar-refractivity contribution in [3.63, 3.8) is 0 Å². The van der Waals surface area contributed by atoms with E-state index < -0.39 is 0 Å². The molecule has 0 aliphatic rings. The van der Waals surface area contributed by atoms with Crippen LogP contribution in [0.15, 0.2) is 46.7 Å². The molecular weight excluding hydrogens is 250 g/mol. The molecule has 0 saturated heterocycles. The van der Waals surface area contributed by atoms with Crippen LogP contribution in [0.2, 0.25) is 0 Å². The maximum atomic E-state index is 11.8. The number of rotatable bonds is 4. The van der Waals surface area contributed by atoms with Crippen LogP contribution in [0.5, 0.6) is 0 Å². The summed E-state index contributed by atoms with van der Waals surface area (Å²) in [5, 5.41) is 4.91. The molecule has 0 aliphatic carbocycles. The van der Waals surface area contributed by atoms with Gasteiger partial charge in [0.05, 0.1) is 6.54 Å². The lowest BCUT2D eigenvalue weighted by atomic mass is 10.2. The highest BCUT2D eigenvalue weighted by molar-refractivity contribution is 7.98. The number of nitrogens with one attached hydrogen (secondary N) is 1. The number of benzene rings is 1. The van der Waals surface area contributed by atoms with E-state index in [1.807, 2.05) is 48.0 Å². The van der Waals surface area contributed by atoms with Gasteiger partial charge in [0.1, 0.15) is 0 Å². The van der Waals surface area contributed by atoms with Crippen molar-refractivity contribution in [2.45, 2.75) is 11.4 Å². The van der Waals surface area contributed by atoms with Gasteiger partial charge in [0.2, 0.25) is 0 Å². The Hall–Kier alpha value is -1.26. The van der Waals surface area contributed by atoms with E-state index in [-0.39, 0.29) is 5.91 Å². The summed E-state index contributed by atoms with van der Waals surface area (Å²) in [4.78, 5) is 14.2. The Morgan fingerprint density at radius 2 is 2.06 bits per heavy atom. The average Bonchev–Trinajstić information content (AvgIpc) is 2.89. The molecule has 0 fully saturated rings. The zero-order valence-electron chi connectivity index (χ0n) is 9.47. The quantitative estimate of drug-likeness (QED) is 0.857. The highest BCUT2D eigenvalue weighted by atomic mass is 32.2. The number of thioether (sulfide) groups is 1. The van der Waals surface area contributed by atoms with Crippen molar-refractivity contribution < 1.29 is 4.79 Å². The fourth-order valence-corrected chi connectivity index (χ4v) is 2.48. The van der Waals surface area contributed by atoms with E-state index in [1.54, 1.807) is 23.1 Å². The number of thiophene rings is 1. The fourth-order valence-electron chi connectivity index (χ4n) is 1.43. The Morgan fingerprint density at radius 3 is 2.65 bits per heavy atom. The first-order valence-corrected chi connectivity index (χ1v) is 7.34. The predicted octanol–water partition coefficient (Wildman–Crippen LogP) is 3.40. The van der Waals surface area contributed by atoms with E-state index in [4.69, 9.17) is 0 Å². The van der Waals surface area contributed by atoms with E-state index in [0.717, 1.165) is 0 Å². The molecule has 0 saturated carbocycles. The largest absolute Gasteiger partial charge is 0.347 e. The SMILES string of the molecule is CSc1ccc(C(=O)NCc2cccs2)cc1. The third-order valence-electron chi connectivity index (χ3n) is 2.36. The topological polar surface area (TPSA) is 29.1 Å². The molecule has 0 unspecified atom stereocenters. The highest BCUT2D eigenvalue weighted by Gasteiger charge is 2.05. The van der Waals surface area contributed by atoms with Crippen LogP contribution >= 0.6 is 23.1 Å². The van der Waals surface area contributed by atoms with Crippen molar-refractivity contribution >= 4 is 29.0 Å². The molecule has 2 aromatic rings. The molecule has 4 heteroatoms. The highest BCUT2D eigenvalue weighted by Crippen LogP contribution is 2.15. The smallest absolute Gasteiger partial charge is 0.251 e. The van der Waals surface area contributed by atoms with E-state index in [0.29, 0.717) is 12.1 Å². The molecule has 1 aromatic carbocycles. The fraction of sp³-hybridized carbons (Fsp3) is 0.154. The summed E-state index contributed by atoms with van der Waals surface area (Å²) in [6, 6.07) is 11.6. The van der Waals surface area contributed by atoms with Gasteiger partial charge in [0.25, 0.3) is 5.91 Å². The van der Waals surface area contributed by atoms with Crippen LogP contribution in [0.25, 0.3) is 0 Å². The maximum absolute atomic E-state index is 11.8. The van der Waals surface area contributed by atoms with Gasteiger partial charge in [-0.2, -0.15) is 0 Å². The van der Waals surface area contributed by atoms with Crippen LogP contribution in [0.4, 0.5) is 0 Å². The Balaban J connectivity index is 1.95. The second-order valence-electron chi connectivity index (χ2n) is 3.49. The zero-order chi connectivity index (χ0) is 12.1.